The number of aromatic amines is 1. The number of imidazole rings is 1. The smallest absolute Gasteiger partial charge is 0.306 e. The van der Waals surface area contributed by atoms with Crippen LogP contribution >= 0.6 is 0 Å². The Morgan fingerprint density at radius 2 is 1.68 bits per heavy atom. The summed E-state index contributed by atoms with van der Waals surface area (Å²) in [4.78, 5) is 14.1. The second-order valence-corrected chi connectivity index (χ2v) is 4.91. The SMILES string of the molecule is Cn1c(=O)[nH]c2cc(-c3ccc(C(F)(F)F)c(F)c3)ccc21. The van der Waals surface area contributed by atoms with Gasteiger partial charge in [-0.2, -0.15) is 13.2 Å². The van der Waals surface area contributed by atoms with E-state index in [2.05, 4.69) is 4.98 Å². The van der Waals surface area contributed by atoms with E-state index in [0.29, 0.717) is 28.2 Å². The third-order valence-electron chi connectivity index (χ3n) is 3.51. The lowest BCUT2D eigenvalue weighted by molar-refractivity contribution is -0.139. The predicted octanol–water partition coefficient (Wildman–Crippen LogP) is 3.69. The maximum atomic E-state index is 13.6. The van der Waals surface area contributed by atoms with Gasteiger partial charge in [0.25, 0.3) is 0 Å². The van der Waals surface area contributed by atoms with Crippen molar-refractivity contribution in [3.8, 4) is 11.1 Å². The van der Waals surface area contributed by atoms with Gasteiger partial charge in [-0.3, -0.25) is 4.57 Å². The van der Waals surface area contributed by atoms with Crippen LogP contribution in [0, 0.1) is 5.82 Å². The Morgan fingerprint density at radius 1 is 1.05 bits per heavy atom. The van der Waals surface area contributed by atoms with E-state index in [9.17, 15) is 22.4 Å². The summed E-state index contributed by atoms with van der Waals surface area (Å²) in [5, 5.41) is 0. The Kier molecular flexibility index (Phi) is 3.09. The molecule has 22 heavy (non-hydrogen) atoms. The van der Waals surface area contributed by atoms with Crippen molar-refractivity contribution in [2.75, 3.05) is 0 Å². The van der Waals surface area contributed by atoms with Crippen molar-refractivity contribution in [2.24, 2.45) is 7.05 Å². The number of aromatic nitrogens is 2. The predicted molar refractivity (Wildman–Crippen MR) is 73.9 cm³/mol. The molecule has 0 atom stereocenters. The lowest BCUT2D eigenvalue weighted by atomic mass is 10.0. The molecule has 0 unspecified atom stereocenters. The molecule has 3 nitrogen and oxygen atoms in total. The van der Waals surface area contributed by atoms with E-state index < -0.39 is 17.6 Å². The van der Waals surface area contributed by atoms with Crippen LogP contribution in [0.3, 0.4) is 0 Å². The molecule has 2 aromatic carbocycles. The van der Waals surface area contributed by atoms with Crippen LogP contribution in [0.5, 0.6) is 0 Å². The van der Waals surface area contributed by atoms with Crippen molar-refractivity contribution < 1.29 is 17.6 Å². The number of aryl methyl sites for hydroxylation is 1. The molecule has 0 aliphatic heterocycles. The number of hydrogen-bond donors (Lipinski definition) is 1. The van der Waals surface area contributed by atoms with Gasteiger partial charge >= 0.3 is 11.9 Å². The molecule has 0 saturated heterocycles. The highest BCUT2D eigenvalue weighted by molar-refractivity contribution is 5.82. The number of hydrogen-bond acceptors (Lipinski definition) is 1. The van der Waals surface area contributed by atoms with Crippen LogP contribution in [0.2, 0.25) is 0 Å². The van der Waals surface area contributed by atoms with Crippen molar-refractivity contribution in [3.63, 3.8) is 0 Å². The number of alkyl halides is 3. The summed E-state index contributed by atoms with van der Waals surface area (Å²) >= 11 is 0. The van der Waals surface area contributed by atoms with Gasteiger partial charge in [-0.1, -0.05) is 12.1 Å². The van der Waals surface area contributed by atoms with Gasteiger partial charge in [-0.05, 0) is 35.4 Å². The van der Waals surface area contributed by atoms with E-state index in [1.54, 1.807) is 25.2 Å². The van der Waals surface area contributed by atoms with Crippen LogP contribution in [0.4, 0.5) is 17.6 Å². The van der Waals surface area contributed by atoms with E-state index in [1.807, 2.05) is 0 Å². The molecule has 0 saturated carbocycles. The maximum Gasteiger partial charge on any atom is 0.419 e. The molecule has 114 valence electrons. The Morgan fingerprint density at radius 3 is 2.32 bits per heavy atom. The highest BCUT2D eigenvalue weighted by atomic mass is 19.4. The normalized spacial score (nSPS) is 12.0. The minimum Gasteiger partial charge on any atom is -0.306 e. The second-order valence-electron chi connectivity index (χ2n) is 4.91. The summed E-state index contributed by atoms with van der Waals surface area (Å²) in [5.41, 5.74) is 0.404. The summed E-state index contributed by atoms with van der Waals surface area (Å²) in [6.45, 7) is 0. The Labute approximate surface area is 121 Å². The first-order valence-corrected chi connectivity index (χ1v) is 6.33. The standard InChI is InChI=1S/C15H10F4N2O/c1-21-13-5-3-9(7-12(13)20-14(21)22)8-2-4-10(11(16)6-8)15(17,18)19/h2-7H,1H3,(H,20,22). The number of rotatable bonds is 1. The molecule has 1 N–H and O–H groups in total. The Balaban J connectivity index is 2.11. The largest absolute Gasteiger partial charge is 0.419 e. The molecule has 0 aliphatic carbocycles. The zero-order chi connectivity index (χ0) is 16.1. The molecular formula is C15H10F4N2O. The van der Waals surface area contributed by atoms with E-state index in [4.69, 9.17) is 0 Å². The molecule has 1 heterocycles. The molecule has 0 radical (unpaired) electrons. The van der Waals surface area contributed by atoms with Crippen molar-refractivity contribution in [1.29, 1.82) is 0 Å². The average Bonchev–Trinajstić information content (AvgIpc) is 2.72. The summed E-state index contributed by atoms with van der Waals surface area (Å²) in [6.07, 6.45) is -4.72. The summed E-state index contributed by atoms with van der Waals surface area (Å²) in [5.74, 6) is -1.33. The minimum atomic E-state index is -4.72. The van der Waals surface area contributed by atoms with Gasteiger partial charge in [-0.15, -0.1) is 0 Å². The van der Waals surface area contributed by atoms with Crippen LogP contribution < -0.4 is 5.69 Å². The second kappa shape index (κ2) is 4.72. The molecule has 3 rings (SSSR count). The van der Waals surface area contributed by atoms with Crippen molar-refractivity contribution in [1.82, 2.24) is 9.55 Å². The topological polar surface area (TPSA) is 37.8 Å². The van der Waals surface area contributed by atoms with Crippen molar-refractivity contribution >= 4 is 11.0 Å². The fraction of sp³-hybridized carbons (Fsp3) is 0.133. The molecular weight excluding hydrogens is 300 g/mol. The zero-order valence-corrected chi connectivity index (χ0v) is 11.3. The molecule has 0 fully saturated rings. The van der Waals surface area contributed by atoms with Crippen LogP contribution in [0.15, 0.2) is 41.2 Å². The van der Waals surface area contributed by atoms with Gasteiger partial charge in [-0.25, -0.2) is 9.18 Å². The zero-order valence-electron chi connectivity index (χ0n) is 11.3. The summed E-state index contributed by atoms with van der Waals surface area (Å²) in [6, 6.07) is 7.62. The van der Waals surface area contributed by atoms with E-state index >= 15 is 0 Å². The van der Waals surface area contributed by atoms with Crippen LogP contribution in [0.25, 0.3) is 22.2 Å². The Hall–Kier alpha value is -2.57. The molecule has 0 spiro atoms. The van der Waals surface area contributed by atoms with Gasteiger partial charge in [0.15, 0.2) is 0 Å². The van der Waals surface area contributed by atoms with Crippen molar-refractivity contribution in [2.45, 2.75) is 6.18 Å². The molecule has 0 aliphatic rings. The Bertz CT molecular complexity index is 921. The number of benzene rings is 2. The van der Waals surface area contributed by atoms with Crippen LogP contribution in [0.1, 0.15) is 5.56 Å². The van der Waals surface area contributed by atoms with Crippen LogP contribution in [-0.4, -0.2) is 9.55 Å². The third kappa shape index (κ3) is 2.28. The summed E-state index contributed by atoms with van der Waals surface area (Å²) in [7, 11) is 1.60. The van der Waals surface area contributed by atoms with Gasteiger partial charge in [0, 0.05) is 7.05 Å². The lowest BCUT2D eigenvalue weighted by Gasteiger charge is -2.09. The monoisotopic (exact) mass is 310 g/mol. The number of halogens is 4. The first-order valence-electron chi connectivity index (χ1n) is 6.33. The van der Waals surface area contributed by atoms with E-state index in [0.717, 1.165) is 6.07 Å². The fourth-order valence-electron chi connectivity index (χ4n) is 2.34. The quantitative estimate of drug-likeness (QED) is 0.684. The van der Waals surface area contributed by atoms with Gasteiger partial charge in [0.05, 0.1) is 16.6 Å². The first kappa shape index (κ1) is 14.4. The molecule has 0 bridgehead atoms. The first-order chi connectivity index (χ1) is 10.3. The lowest BCUT2D eigenvalue weighted by Crippen LogP contribution is -2.11. The number of fused-ring (bicyclic) bond motifs is 1. The van der Waals surface area contributed by atoms with E-state index in [1.165, 1.54) is 10.6 Å². The van der Waals surface area contributed by atoms with Crippen molar-refractivity contribution in [3.05, 3.63) is 58.3 Å². The number of nitrogens with zero attached hydrogens (tertiary/aromatic N) is 1. The summed E-state index contributed by atoms with van der Waals surface area (Å²) < 4.78 is 52.7. The molecule has 0 amide bonds. The van der Waals surface area contributed by atoms with Gasteiger partial charge in [0.2, 0.25) is 0 Å². The van der Waals surface area contributed by atoms with Gasteiger partial charge in [0.1, 0.15) is 5.82 Å². The molecule has 3 aromatic rings. The highest BCUT2D eigenvalue weighted by Gasteiger charge is 2.33. The average molecular weight is 310 g/mol. The maximum absolute atomic E-state index is 13.6. The molecule has 7 heteroatoms. The fourth-order valence-corrected chi connectivity index (χ4v) is 2.34. The highest BCUT2D eigenvalue weighted by Crippen LogP contribution is 2.33. The number of H-pyrrole nitrogens is 1. The third-order valence-corrected chi connectivity index (χ3v) is 3.51. The number of nitrogens with one attached hydrogen (secondary N) is 1. The van der Waals surface area contributed by atoms with E-state index in [-0.39, 0.29) is 5.69 Å². The van der Waals surface area contributed by atoms with Gasteiger partial charge < -0.3 is 4.98 Å². The van der Waals surface area contributed by atoms with Crippen LogP contribution in [-0.2, 0) is 13.2 Å². The minimum absolute atomic E-state index is 0.300. The molecule has 1 aromatic heterocycles.